The summed E-state index contributed by atoms with van der Waals surface area (Å²) < 4.78 is 27.6. The van der Waals surface area contributed by atoms with E-state index in [9.17, 15) is 8.42 Å². The second-order valence-electron chi connectivity index (χ2n) is 3.52. The Hall–Kier alpha value is -1.37. The number of hydrogen-bond donors (Lipinski definition) is 1. The van der Waals surface area contributed by atoms with Gasteiger partial charge < -0.3 is 10.1 Å². The van der Waals surface area contributed by atoms with E-state index in [0.29, 0.717) is 18.2 Å². The van der Waals surface area contributed by atoms with Gasteiger partial charge in [-0.3, -0.25) is 0 Å². The third-order valence-electron chi connectivity index (χ3n) is 2.38. The molecule has 17 heavy (non-hydrogen) atoms. The molecule has 0 unspecified atom stereocenters. The molecule has 1 heterocycles. The van der Waals surface area contributed by atoms with Crippen LogP contribution in [0.25, 0.3) is 0 Å². The number of aromatic nitrogens is 2. The van der Waals surface area contributed by atoms with E-state index in [2.05, 4.69) is 15.3 Å². The van der Waals surface area contributed by atoms with Gasteiger partial charge in [-0.1, -0.05) is 6.92 Å². The van der Waals surface area contributed by atoms with Crippen LogP contribution in [0.3, 0.4) is 0 Å². The van der Waals surface area contributed by atoms with Crippen molar-refractivity contribution in [1.82, 2.24) is 9.97 Å². The predicted octanol–water partition coefficient (Wildman–Crippen LogP) is 0.640. The first kappa shape index (κ1) is 13.7. The van der Waals surface area contributed by atoms with E-state index >= 15 is 0 Å². The van der Waals surface area contributed by atoms with Crippen LogP contribution in [0.2, 0.25) is 0 Å². The molecule has 0 fully saturated rings. The van der Waals surface area contributed by atoms with E-state index in [1.807, 2.05) is 6.92 Å². The van der Waals surface area contributed by atoms with Crippen LogP contribution in [0.15, 0.2) is 6.33 Å². The first-order valence-electron chi connectivity index (χ1n) is 5.30. The van der Waals surface area contributed by atoms with E-state index in [1.165, 1.54) is 13.4 Å². The molecular weight excluding hydrogens is 242 g/mol. The zero-order valence-corrected chi connectivity index (χ0v) is 11.0. The van der Waals surface area contributed by atoms with Gasteiger partial charge in [0.25, 0.3) is 0 Å². The van der Waals surface area contributed by atoms with Crippen LogP contribution in [0.5, 0.6) is 5.88 Å². The smallest absolute Gasteiger partial charge is 0.221 e. The summed E-state index contributed by atoms with van der Waals surface area (Å²) in [6.45, 7) is 3.78. The zero-order chi connectivity index (χ0) is 12.9. The van der Waals surface area contributed by atoms with Crippen LogP contribution in [0, 0.1) is 6.92 Å². The third kappa shape index (κ3) is 3.85. The van der Waals surface area contributed by atoms with E-state index in [4.69, 9.17) is 4.74 Å². The number of nitrogens with zero attached hydrogens (tertiary/aromatic N) is 2. The van der Waals surface area contributed by atoms with Gasteiger partial charge in [-0.15, -0.1) is 0 Å². The minimum Gasteiger partial charge on any atom is -0.481 e. The van der Waals surface area contributed by atoms with Crippen molar-refractivity contribution in [3.05, 3.63) is 11.9 Å². The summed E-state index contributed by atoms with van der Waals surface area (Å²) in [6.07, 6.45) is 1.38. The van der Waals surface area contributed by atoms with Gasteiger partial charge in [0, 0.05) is 12.3 Å². The summed E-state index contributed by atoms with van der Waals surface area (Å²) in [5.74, 6) is 1.33. The number of hydrogen-bond acceptors (Lipinski definition) is 6. The third-order valence-corrected chi connectivity index (χ3v) is 4.08. The normalized spacial score (nSPS) is 11.2. The molecule has 0 radical (unpaired) electrons. The molecule has 0 saturated carbocycles. The fourth-order valence-corrected chi connectivity index (χ4v) is 1.99. The Morgan fingerprint density at radius 2 is 2.12 bits per heavy atom. The monoisotopic (exact) mass is 259 g/mol. The van der Waals surface area contributed by atoms with Gasteiger partial charge in [0.15, 0.2) is 9.84 Å². The SMILES string of the molecule is CCS(=O)(=O)CCNc1ncnc(OC)c1C. The average molecular weight is 259 g/mol. The molecule has 0 aliphatic rings. The Morgan fingerprint density at radius 3 is 2.71 bits per heavy atom. The quantitative estimate of drug-likeness (QED) is 0.807. The zero-order valence-electron chi connectivity index (χ0n) is 10.2. The Balaban J connectivity index is 2.64. The molecule has 0 saturated heterocycles. The summed E-state index contributed by atoms with van der Waals surface area (Å²) in [7, 11) is -1.43. The Kier molecular flexibility index (Phi) is 4.68. The van der Waals surface area contributed by atoms with E-state index in [1.54, 1.807) is 6.92 Å². The van der Waals surface area contributed by atoms with Crippen LogP contribution in [0.4, 0.5) is 5.82 Å². The van der Waals surface area contributed by atoms with Crippen molar-refractivity contribution in [3.63, 3.8) is 0 Å². The van der Waals surface area contributed by atoms with E-state index in [-0.39, 0.29) is 11.5 Å². The summed E-state index contributed by atoms with van der Waals surface area (Å²) in [5, 5.41) is 2.97. The fourth-order valence-electron chi connectivity index (χ4n) is 1.29. The fraction of sp³-hybridized carbons (Fsp3) is 0.600. The molecule has 1 aromatic rings. The molecule has 0 amide bonds. The van der Waals surface area contributed by atoms with Crippen molar-refractivity contribution in [1.29, 1.82) is 0 Å². The first-order valence-corrected chi connectivity index (χ1v) is 7.12. The molecule has 1 aromatic heterocycles. The van der Waals surface area contributed by atoms with Crippen molar-refractivity contribution in [2.45, 2.75) is 13.8 Å². The van der Waals surface area contributed by atoms with Crippen LogP contribution >= 0.6 is 0 Å². The van der Waals surface area contributed by atoms with Crippen LogP contribution < -0.4 is 10.1 Å². The molecule has 0 aliphatic heterocycles. The lowest BCUT2D eigenvalue weighted by Crippen LogP contribution is -2.18. The molecule has 1 rings (SSSR count). The molecule has 1 N–H and O–H groups in total. The molecular formula is C10H17N3O3S. The van der Waals surface area contributed by atoms with Gasteiger partial charge in [-0.25, -0.2) is 18.4 Å². The van der Waals surface area contributed by atoms with Gasteiger partial charge in [0.05, 0.1) is 18.4 Å². The molecule has 0 spiro atoms. The maximum atomic E-state index is 11.3. The lowest BCUT2D eigenvalue weighted by atomic mass is 10.3. The largest absolute Gasteiger partial charge is 0.481 e. The molecule has 0 atom stereocenters. The lowest BCUT2D eigenvalue weighted by molar-refractivity contribution is 0.393. The lowest BCUT2D eigenvalue weighted by Gasteiger charge is -2.10. The standard InChI is InChI=1S/C10H17N3O3S/c1-4-17(14,15)6-5-11-9-8(2)10(16-3)13-7-12-9/h7H,4-6H2,1-3H3,(H,11,12,13). The second-order valence-corrected chi connectivity index (χ2v) is 5.99. The minimum absolute atomic E-state index is 0.0925. The Bertz CT molecular complexity index is 474. The van der Waals surface area contributed by atoms with Crippen molar-refractivity contribution in [2.75, 3.05) is 30.5 Å². The Morgan fingerprint density at radius 1 is 1.41 bits per heavy atom. The summed E-state index contributed by atoms with van der Waals surface area (Å²) >= 11 is 0. The van der Waals surface area contributed by atoms with Gasteiger partial charge in [-0.05, 0) is 6.92 Å². The number of anilines is 1. The highest BCUT2D eigenvalue weighted by Crippen LogP contribution is 2.19. The minimum atomic E-state index is -2.96. The van der Waals surface area contributed by atoms with Crippen LogP contribution in [0.1, 0.15) is 12.5 Å². The van der Waals surface area contributed by atoms with E-state index < -0.39 is 9.84 Å². The van der Waals surface area contributed by atoms with Crippen molar-refractivity contribution >= 4 is 15.7 Å². The second kappa shape index (κ2) is 5.81. The highest BCUT2D eigenvalue weighted by atomic mass is 32.2. The summed E-state index contributed by atoms with van der Waals surface area (Å²) in [5.41, 5.74) is 0.767. The topological polar surface area (TPSA) is 81.2 Å². The molecule has 7 heteroatoms. The van der Waals surface area contributed by atoms with Gasteiger partial charge >= 0.3 is 0 Å². The van der Waals surface area contributed by atoms with Crippen LogP contribution in [-0.4, -0.2) is 43.5 Å². The van der Waals surface area contributed by atoms with Crippen LogP contribution in [-0.2, 0) is 9.84 Å². The van der Waals surface area contributed by atoms with Gasteiger partial charge in [0.2, 0.25) is 5.88 Å². The average Bonchev–Trinajstić information content (AvgIpc) is 2.31. The first-order chi connectivity index (χ1) is 8.00. The highest BCUT2D eigenvalue weighted by molar-refractivity contribution is 7.91. The summed E-state index contributed by atoms with van der Waals surface area (Å²) in [6, 6.07) is 0. The molecule has 6 nitrogen and oxygen atoms in total. The number of nitrogens with one attached hydrogen (secondary N) is 1. The summed E-state index contributed by atoms with van der Waals surface area (Å²) in [4.78, 5) is 7.97. The van der Waals surface area contributed by atoms with E-state index in [0.717, 1.165) is 5.56 Å². The highest BCUT2D eigenvalue weighted by Gasteiger charge is 2.09. The van der Waals surface area contributed by atoms with Gasteiger partial charge in [0.1, 0.15) is 12.1 Å². The number of sulfone groups is 1. The molecule has 0 aromatic carbocycles. The molecule has 96 valence electrons. The predicted molar refractivity (Wildman–Crippen MR) is 66.1 cm³/mol. The number of ether oxygens (including phenoxy) is 1. The number of rotatable bonds is 6. The molecule has 0 aliphatic carbocycles. The Labute approximate surface area is 101 Å². The number of methoxy groups -OCH3 is 1. The van der Waals surface area contributed by atoms with Crippen molar-refractivity contribution < 1.29 is 13.2 Å². The maximum Gasteiger partial charge on any atom is 0.221 e. The van der Waals surface area contributed by atoms with Crippen molar-refractivity contribution in [3.8, 4) is 5.88 Å². The molecule has 0 bridgehead atoms. The van der Waals surface area contributed by atoms with Gasteiger partial charge in [-0.2, -0.15) is 0 Å². The van der Waals surface area contributed by atoms with Crippen molar-refractivity contribution in [2.24, 2.45) is 0 Å². The maximum absolute atomic E-state index is 11.3.